The van der Waals surface area contributed by atoms with Gasteiger partial charge in [0.15, 0.2) is 0 Å². The molecule has 0 radical (unpaired) electrons. The number of rotatable bonds is 11. The number of amides is 2. The topological polar surface area (TPSA) is 112 Å². The first-order valence-corrected chi connectivity index (χ1v) is 12.6. The van der Waals surface area contributed by atoms with E-state index in [2.05, 4.69) is 15.6 Å². The average molecular weight is 501 g/mol. The first kappa shape index (κ1) is 25.9. The number of benzene rings is 2. The van der Waals surface area contributed by atoms with E-state index in [0.717, 1.165) is 36.1 Å². The number of carboxylic acid groups (broad SMARTS) is 1. The summed E-state index contributed by atoms with van der Waals surface area (Å²) in [5.41, 5.74) is 4.07. The van der Waals surface area contributed by atoms with E-state index < -0.39 is 12.0 Å². The summed E-state index contributed by atoms with van der Waals surface area (Å²) in [4.78, 5) is 43.5. The van der Waals surface area contributed by atoms with Crippen LogP contribution in [-0.2, 0) is 29.0 Å². The number of fused-ring (bicyclic) bond motifs is 1. The Morgan fingerprint density at radius 2 is 1.84 bits per heavy atom. The fourth-order valence-corrected chi connectivity index (χ4v) is 4.44. The van der Waals surface area contributed by atoms with Gasteiger partial charge in [0.2, 0.25) is 5.91 Å². The first-order valence-electron chi connectivity index (χ1n) is 12.6. The summed E-state index contributed by atoms with van der Waals surface area (Å²) in [6, 6.07) is 20.1. The summed E-state index contributed by atoms with van der Waals surface area (Å²) in [6.45, 7) is 1.37. The van der Waals surface area contributed by atoms with Crippen molar-refractivity contribution in [2.24, 2.45) is 0 Å². The average Bonchev–Trinajstić information content (AvgIpc) is 3.03. The molecule has 0 fully saturated rings. The number of nitrogens with one attached hydrogen (secondary N) is 2. The molecule has 1 unspecified atom stereocenters. The number of aryl methyl sites for hydroxylation is 1. The molecule has 37 heavy (non-hydrogen) atoms. The zero-order valence-corrected chi connectivity index (χ0v) is 20.7. The van der Waals surface area contributed by atoms with Crippen molar-refractivity contribution >= 4 is 23.5 Å². The number of nitrogens with zero attached hydrogens (tertiary/aromatic N) is 2. The van der Waals surface area contributed by atoms with E-state index in [0.29, 0.717) is 37.3 Å². The summed E-state index contributed by atoms with van der Waals surface area (Å²) >= 11 is 0. The molecule has 192 valence electrons. The molecule has 2 amide bonds. The first-order chi connectivity index (χ1) is 18.0. The van der Waals surface area contributed by atoms with E-state index >= 15 is 0 Å². The van der Waals surface area contributed by atoms with Crippen molar-refractivity contribution in [3.05, 3.63) is 95.3 Å². The summed E-state index contributed by atoms with van der Waals surface area (Å²) in [7, 11) is 0. The Kier molecular flexibility index (Phi) is 8.86. The van der Waals surface area contributed by atoms with E-state index in [4.69, 9.17) is 0 Å². The standard InChI is InChI=1S/C29H32N4O4/c34-27(35)19-26-29(37)33(17-14-21-8-2-1-3-9-21)20-23-13-12-22(18-25(23)32-26)28(36)31-16-7-5-11-24-10-4-6-15-30-24/h1-4,6,8-10,12-13,15,18,26,32H,5,7,11,14,16-17,19-20H2,(H,31,36)(H,34,35). The van der Waals surface area contributed by atoms with Gasteiger partial charge >= 0.3 is 5.97 Å². The lowest BCUT2D eigenvalue weighted by Crippen LogP contribution is -2.42. The fraction of sp³-hybridized carbons (Fsp3) is 0.310. The van der Waals surface area contributed by atoms with Crippen LogP contribution < -0.4 is 10.6 Å². The van der Waals surface area contributed by atoms with E-state index in [9.17, 15) is 19.5 Å². The largest absolute Gasteiger partial charge is 0.481 e. The summed E-state index contributed by atoms with van der Waals surface area (Å²) < 4.78 is 0. The molecule has 8 nitrogen and oxygen atoms in total. The number of aromatic nitrogens is 1. The fourth-order valence-electron chi connectivity index (χ4n) is 4.44. The highest BCUT2D eigenvalue weighted by atomic mass is 16.4. The van der Waals surface area contributed by atoms with Crippen LogP contribution in [0.3, 0.4) is 0 Å². The molecule has 0 saturated carbocycles. The highest BCUT2D eigenvalue weighted by molar-refractivity contribution is 5.96. The molecule has 0 bridgehead atoms. The number of unbranched alkanes of at least 4 members (excludes halogenated alkanes) is 1. The maximum Gasteiger partial charge on any atom is 0.305 e. The quantitative estimate of drug-likeness (QED) is 0.347. The Morgan fingerprint density at radius 3 is 2.59 bits per heavy atom. The Hall–Kier alpha value is -4.20. The molecule has 4 rings (SSSR count). The van der Waals surface area contributed by atoms with Crippen LogP contribution in [0.5, 0.6) is 0 Å². The Bertz CT molecular complexity index is 1220. The smallest absolute Gasteiger partial charge is 0.305 e. The molecule has 3 aromatic rings. The van der Waals surface area contributed by atoms with E-state index in [1.165, 1.54) is 0 Å². The summed E-state index contributed by atoms with van der Waals surface area (Å²) in [5.74, 6) is -1.51. The Morgan fingerprint density at radius 1 is 1.03 bits per heavy atom. The second-order valence-electron chi connectivity index (χ2n) is 9.20. The summed E-state index contributed by atoms with van der Waals surface area (Å²) in [6.07, 6.45) is 4.72. The van der Waals surface area contributed by atoms with Crippen molar-refractivity contribution in [2.75, 3.05) is 18.4 Å². The van der Waals surface area contributed by atoms with Crippen LogP contribution in [0.2, 0.25) is 0 Å². The number of carbonyl (C=O) groups excluding carboxylic acids is 2. The molecule has 3 N–H and O–H groups in total. The third-order valence-electron chi connectivity index (χ3n) is 6.44. The van der Waals surface area contributed by atoms with Crippen molar-refractivity contribution in [2.45, 2.75) is 44.7 Å². The van der Waals surface area contributed by atoms with Gasteiger partial charge in [-0.1, -0.05) is 42.5 Å². The molecule has 0 aliphatic carbocycles. The van der Waals surface area contributed by atoms with Gasteiger partial charge in [-0.25, -0.2) is 0 Å². The second-order valence-corrected chi connectivity index (χ2v) is 9.20. The second kappa shape index (κ2) is 12.7. The zero-order chi connectivity index (χ0) is 26.0. The van der Waals surface area contributed by atoms with Gasteiger partial charge in [0, 0.05) is 42.8 Å². The van der Waals surface area contributed by atoms with Crippen molar-refractivity contribution < 1.29 is 19.5 Å². The number of pyridine rings is 1. The van der Waals surface area contributed by atoms with Crippen LogP contribution in [0.25, 0.3) is 0 Å². The summed E-state index contributed by atoms with van der Waals surface area (Å²) in [5, 5.41) is 15.4. The van der Waals surface area contributed by atoms with Crippen LogP contribution in [0.1, 0.15) is 46.4 Å². The molecule has 1 aliphatic rings. The van der Waals surface area contributed by atoms with Crippen molar-refractivity contribution in [1.29, 1.82) is 0 Å². The van der Waals surface area contributed by atoms with Gasteiger partial charge in [-0.15, -0.1) is 0 Å². The molecule has 0 spiro atoms. The highest BCUT2D eigenvalue weighted by Gasteiger charge is 2.31. The van der Waals surface area contributed by atoms with Gasteiger partial charge in [-0.3, -0.25) is 19.4 Å². The van der Waals surface area contributed by atoms with Gasteiger partial charge in [0.25, 0.3) is 5.91 Å². The maximum absolute atomic E-state index is 13.2. The van der Waals surface area contributed by atoms with Gasteiger partial charge in [-0.2, -0.15) is 0 Å². The van der Waals surface area contributed by atoms with Gasteiger partial charge < -0.3 is 20.6 Å². The maximum atomic E-state index is 13.2. The molecular weight excluding hydrogens is 468 g/mol. The molecule has 0 saturated heterocycles. The number of anilines is 1. The van der Waals surface area contributed by atoms with E-state index in [1.807, 2.05) is 54.6 Å². The minimum absolute atomic E-state index is 0.200. The predicted molar refractivity (Wildman–Crippen MR) is 141 cm³/mol. The van der Waals surface area contributed by atoms with Gasteiger partial charge in [0.1, 0.15) is 6.04 Å². The van der Waals surface area contributed by atoms with Crippen LogP contribution in [0.4, 0.5) is 5.69 Å². The molecule has 8 heteroatoms. The van der Waals surface area contributed by atoms with Crippen LogP contribution in [0.15, 0.2) is 72.9 Å². The Labute approximate surface area is 216 Å². The molecule has 2 heterocycles. The normalized spacial score (nSPS) is 14.9. The van der Waals surface area contributed by atoms with Crippen LogP contribution >= 0.6 is 0 Å². The predicted octanol–water partition coefficient (Wildman–Crippen LogP) is 3.67. The monoisotopic (exact) mass is 500 g/mol. The molecule has 2 aromatic carbocycles. The minimum atomic E-state index is -1.06. The van der Waals surface area contributed by atoms with Crippen molar-refractivity contribution in [3.8, 4) is 0 Å². The third-order valence-corrected chi connectivity index (χ3v) is 6.44. The minimum Gasteiger partial charge on any atom is -0.481 e. The van der Waals surface area contributed by atoms with E-state index in [1.54, 1.807) is 23.2 Å². The molecular formula is C29H32N4O4. The molecule has 1 atom stereocenters. The van der Waals surface area contributed by atoms with Crippen LogP contribution in [0, 0.1) is 0 Å². The van der Waals surface area contributed by atoms with Crippen molar-refractivity contribution in [1.82, 2.24) is 15.2 Å². The highest BCUT2D eigenvalue weighted by Crippen LogP contribution is 2.26. The molecule has 1 aromatic heterocycles. The SMILES string of the molecule is O=C(O)CC1Nc2cc(C(=O)NCCCCc3ccccn3)ccc2CN(CCc2ccccc2)C1=O. The van der Waals surface area contributed by atoms with Crippen molar-refractivity contribution in [3.63, 3.8) is 0 Å². The third kappa shape index (κ3) is 7.39. The lowest BCUT2D eigenvalue weighted by molar-refractivity contribution is -0.141. The lowest BCUT2D eigenvalue weighted by Gasteiger charge is -2.24. The lowest BCUT2D eigenvalue weighted by atomic mass is 10.1. The number of carboxylic acids is 1. The number of carbonyl (C=O) groups is 3. The van der Waals surface area contributed by atoms with Crippen LogP contribution in [-0.4, -0.2) is 51.9 Å². The van der Waals surface area contributed by atoms with Gasteiger partial charge in [0.05, 0.1) is 6.42 Å². The number of hydrogen-bond donors (Lipinski definition) is 3. The zero-order valence-electron chi connectivity index (χ0n) is 20.7. The number of hydrogen-bond acceptors (Lipinski definition) is 5. The van der Waals surface area contributed by atoms with E-state index in [-0.39, 0.29) is 18.2 Å². The van der Waals surface area contributed by atoms with Gasteiger partial charge in [-0.05, 0) is 61.1 Å². The molecule has 1 aliphatic heterocycles. The Balaban J connectivity index is 1.39. The number of aliphatic carboxylic acids is 1.